The molecule has 1 saturated heterocycles. The Balaban J connectivity index is 1.56. The summed E-state index contributed by atoms with van der Waals surface area (Å²) in [6.45, 7) is 5.71. The largest absolute Gasteiger partial charge is 0.383 e. The number of nitrogen functional groups attached to an aromatic ring is 1. The Bertz CT molecular complexity index is 1240. The van der Waals surface area contributed by atoms with Crippen LogP contribution in [0.1, 0.15) is 22.3 Å². The normalized spacial score (nSPS) is 16.5. The minimum Gasteiger partial charge on any atom is -0.383 e. The maximum Gasteiger partial charge on any atom is 0.168 e. The number of Topliss-reactive ketones (excluding diaryl/α,β-unsaturated/α-hetero) is 1. The third kappa shape index (κ3) is 3.89. The topological polar surface area (TPSA) is 75.3 Å². The molecule has 0 saturated carbocycles. The molecule has 2 aliphatic rings. The van der Waals surface area contributed by atoms with E-state index in [1.807, 2.05) is 31.3 Å². The fourth-order valence-electron chi connectivity index (χ4n) is 4.60. The van der Waals surface area contributed by atoms with Crippen LogP contribution in [0.25, 0.3) is 22.8 Å². The van der Waals surface area contributed by atoms with Crippen LogP contribution in [0.5, 0.6) is 0 Å². The summed E-state index contributed by atoms with van der Waals surface area (Å²) in [5.74, 6) is 0.701. The molecule has 0 atom stereocenters. The Morgan fingerprint density at radius 2 is 1.82 bits per heavy atom. The van der Waals surface area contributed by atoms with E-state index in [9.17, 15) is 9.18 Å². The molecule has 0 spiro atoms. The van der Waals surface area contributed by atoms with Crippen LogP contribution in [-0.2, 0) is 11.2 Å². The van der Waals surface area contributed by atoms with Crippen molar-refractivity contribution in [1.82, 2.24) is 14.9 Å². The number of hydrogen-bond donors (Lipinski definition) is 1. The number of piperazine rings is 1. The second-order valence-corrected chi connectivity index (χ2v) is 8.73. The Labute approximate surface area is 192 Å². The number of hydrogen-bond acceptors (Lipinski definition) is 6. The van der Waals surface area contributed by atoms with E-state index in [0.29, 0.717) is 22.5 Å². The van der Waals surface area contributed by atoms with Crippen LogP contribution in [0.4, 0.5) is 16.0 Å². The molecular weight excluding hydrogens is 417 g/mol. The van der Waals surface area contributed by atoms with Crippen molar-refractivity contribution in [3.8, 4) is 11.1 Å². The van der Waals surface area contributed by atoms with Crippen molar-refractivity contribution in [3.63, 3.8) is 0 Å². The van der Waals surface area contributed by atoms with Crippen molar-refractivity contribution in [2.24, 2.45) is 0 Å². The number of ketones is 1. The van der Waals surface area contributed by atoms with Gasteiger partial charge in [-0.2, -0.15) is 0 Å². The average molecular weight is 444 g/mol. The van der Waals surface area contributed by atoms with Gasteiger partial charge in [0.25, 0.3) is 0 Å². The number of carbonyl (C=O) groups is 1. The summed E-state index contributed by atoms with van der Waals surface area (Å²) in [4.78, 5) is 26.6. The van der Waals surface area contributed by atoms with E-state index in [4.69, 9.17) is 10.7 Å². The Morgan fingerprint density at radius 3 is 2.52 bits per heavy atom. The third-order valence-electron chi connectivity index (χ3n) is 6.56. The van der Waals surface area contributed by atoms with Gasteiger partial charge in [-0.3, -0.25) is 4.79 Å². The SMILES string of the molecule is Cc1cccc(F)c1C1=Cc2c(-c3ccc(N4CCN(C)CC4)nc3)cnc(N)c2CC1=O. The number of aromatic nitrogens is 2. The molecule has 0 amide bonds. The molecule has 33 heavy (non-hydrogen) atoms. The summed E-state index contributed by atoms with van der Waals surface area (Å²) in [7, 11) is 2.13. The average Bonchev–Trinajstić information content (AvgIpc) is 2.81. The zero-order chi connectivity index (χ0) is 23.1. The van der Waals surface area contributed by atoms with E-state index in [0.717, 1.165) is 54.3 Å². The minimum atomic E-state index is -0.403. The lowest BCUT2D eigenvalue weighted by Crippen LogP contribution is -2.44. The monoisotopic (exact) mass is 443 g/mol. The predicted molar refractivity (Wildman–Crippen MR) is 129 cm³/mol. The van der Waals surface area contributed by atoms with Gasteiger partial charge in [0.2, 0.25) is 0 Å². The van der Waals surface area contributed by atoms with Gasteiger partial charge in [-0.25, -0.2) is 14.4 Å². The van der Waals surface area contributed by atoms with Gasteiger partial charge in [-0.15, -0.1) is 0 Å². The first-order chi connectivity index (χ1) is 15.9. The molecule has 3 heterocycles. The highest BCUT2D eigenvalue weighted by atomic mass is 19.1. The van der Waals surface area contributed by atoms with Crippen LogP contribution in [0.15, 0.2) is 42.7 Å². The molecule has 3 aromatic rings. The summed E-state index contributed by atoms with van der Waals surface area (Å²) in [6.07, 6.45) is 5.39. The molecule has 0 bridgehead atoms. The van der Waals surface area contributed by atoms with Crippen molar-refractivity contribution >= 4 is 29.1 Å². The number of rotatable bonds is 3. The number of aryl methyl sites for hydroxylation is 1. The summed E-state index contributed by atoms with van der Waals surface area (Å²) in [5.41, 5.74) is 10.8. The number of likely N-dealkylation sites (N-methyl/N-ethyl adjacent to an activating group) is 1. The van der Waals surface area contributed by atoms with Gasteiger partial charge < -0.3 is 15.5 Å². The molecule has 0 unspecified atom stereocenters. The lowest BCUT2D eigenvalue weighted by atomic mass is 9.83. The lowest BCUT2D eigenvalue weighted by Gasteiger charge is -2.33. The number of nitrogens with zero attached hydrogens (tertiary/aromatic N) is 4. The van der Waals surface area contributed by atoms with Crippen LogP contribution in [0.3, 0.4) is 0 Å². The molecule has 2 aromatic heterocycles. The first kappa shape index (κ1) is 21.3. The van der Waals surface area contributed by atoms with Crippen LogP contribution in [0.2, 0.25) is 0 Å². The highest BCUT2D eigenvalue weighted by Gasteiger charge is 2.27. The number of fused-ring (bicyclic) bond motifs is 1. The summed E-state index contributed by atoms with van der Waals surface area (Å²) < 4.78 is 14.7. The second-order valence-electron chi connectivity index (χ2n) is 8.73. The van der Waals surface area contributed by atoms with E-state index in [-0.39, 0.29) is 12.2 Å². The van der Waals surface area contributed by atoms with Gasteiger partial charge in [0.15, 0.2) is 5.78 Å². The standard InChI is InChI=1S/C26H26FN5O/c1-16-4-3-5-22(27)25(16)20-12-18-19(13-23(20)33)26(28)30-15-21(18)17-6-7-24(29-14-17)32-10-8-31(2)9-11-32/h3-7,12,14-15H,8-11,13H2,1-2H3,(H2,28,30). The lowest BCUT2D eigenvalue weighted by molar-refractivity contribution is -0.113. The molecule has 5 rings (SSSR count). The van der Waals surface area contributed by atoms with E-state index in [2.05, 4.69) is 21.8 Å². The summed E-state index contributed by atoms with van der Waals surface area (Å²) in [6, 6.07) is 8.88. The minimum absolute atomic E-state index is 0.0917. The van der Waals surface area contributed by atoms with Crippen LogP contribution >= 0.6 is 0 Å². The fraction of sp³-hybridized carbons (Fsp3) is 0.269. The Morgan fingerprint density at radius 1 is 1.03 bits per heavy atom. The number of carbonyl (C=O) groups excluding carboxylic acids is 1. The van der Waals surface area contributed by atoms with E-state index >= 15 is 0 Å². The van der Waals surface area contributed by atoms with Gasteiger partial charge in [0.1, 0.15) is 17.5 Å². The maximum absolute atomic E-state index is 14.7. The van der Waals surface area contributed by atoms with Crippen molar-refractivity contribution in [3.05, 3.63) is 70.8 Å². The van der Waals surface area contributed by atoms with Gasteiger partial charge >= 0.3 is 0 Å². The number of allylic oxidation sites excluding steroid dienone is 1. The van der Waals surface area contributed by atoms with Crippen LogP contribution in [0, 0.1) is 12.7 Å². The molecule has 7 heteroatoms. The van der Waals surface area contributed by atoms with Crippen molar-refractivity contribution in [2.45, 2.75) is 13.3 Å². The zero-order valence-electron chi connectivity index (χ0n) is 18.8. The first-order valence-electron chi connectivity index (χ1n) is 11.1. The molecule has 6 nitrogen and oxygen atoms in total. The van der Waals surface area contributed by atoms with Gasteiger partial charge in [0, 0.05) is 72.8 Å². The molecule has 1 aromatic carbocycles. The summed E-state index contributed by atoms with van der Waals surface area (Å²) in [5, 5.41) is 0. The number of halogens is 1. The molecule has 1 aliphatic carbocycles. The van der Waals surface area contributed by atoms with Crippen LogP contribution in [-0.4, -0.2) is 53.9 Å². The smallest absolute Gasteiger partial charge is 0.168 e. The number of nitrogens with two attached hydrogens (primary N) is 1. The summed E-state index contributed by atoms with van der Waals surface area (Å²) >= 11 is 0. The Kier molecular flexibility index (Phi) is 5.42. The molecule has 168 valence electrons. The van der Waals surface area contributed by atoms with E-state index in [1.54, 1.807) is 18.3 Å². The zero-order valence-corrected chi connectivity index (χ0v) is 18.8. The van der Waals surface area contributed by atoms with Crippen LogP contribution < -0.4 is 10.6 Å². The second kappa shape index (κ2) is 8.41. The van der Waals surface area contributed by atoms with E-state index in [1.165, 1.54) is 6.07 Å². The molecule has 2 N–H and O–H groups in total. The molecule has 1 aliphatic heterocycles. The maximum atomic E-state index is 14.7. The number of anilines is 2. The quantitative estimate of drug-likeness (QED) is 0.667. The molecule has 0 radical (unpaired) electrons. The molecular formula is C26H26FN5O. The van der Waals surface area contributed by atoms with Crippen molar-refractivity contribution in [2.75, 3.05) is 43.9 Å². The van der Waals surface area contributed by atoms with Crippen molar-refractivity contribution < 1.29 is 9.18 Å². The predicted octanol–water partition coefficient (Wildman–Crippen LogP) is 3.59. The number of pyridine rings is 2. The fourth-order valence-corrected chi connectivity index (χ4v) is 4.60. The third-order valence-corrected chi connectivity index (χ3v) is 6.56. The van der Waals surface area contributed by atoms with Gasteiger partial charge in [0.05, 0.1) is 0 Å². The van der Waals surface area contributed by atoms with E-state index < -0.39 is 5.82 Å². The first-order valence-corrected chi connectivity index (χ1v) is 11.1. The number of benzene rings is 1. The Hall–Kier alpha value is -3.58. The van der Waals surface area contributed by atoms with Crippen molar-refractivity contribution in [1.29, 1.82) is 0 Å². The van der Waals surface area contributed by atoms with Gasteiger partial charge in [-0.1, -0.05) is 12.1 Å². The molecule has 1 fully saturated rings. The highest BCUT2D eigenvalue weighted by Crippen LogP contribution is 2.38. The van der Waals surface area contributed by atoms with Gasteiger partial charge in [-0.05, 0) is 49.4 Å². The highest BCUT2D eigenvalue weighted by molar-refractivity contribution is 6.28.